The molecule has 0 aromatic heterocycles. The maximum absolute atomic E-state index is 13.1. The van der Waals surface area contributed by atoms with Gasteiger partial charge in [0.25, 0.3) is 0 Å². The molecule has 0 spiro atoms. The fourth-order valence-electron chi connectivity index (χ4n) is 1.53. The summed E-state index contributed by atoms with van der Waals surface area (Å²) in [6.45, 7) is -1.37. The molecule has 0 aliphatic rings. The summed E-state index contributed by atoms with van der Waals surface area (Å²) in [6.07, 6.45) is -12.3. The summed E-state index contributed by atoms with van der Waals surface area (Å²) < 4.78 is 92.8. The fraction of sp³-hybridized carbons (Fsp3) is 0.500. The van der Waals surface area contributed by atoms with Gasteiger partial charge in [0.05, 0.1) is 0 Å². The lowest BCUT2D eigenvalue weighted by Gasteiger charge is -2.33. The van der Waals surface area contributed by atoms with Crippen LogP contribution >= 0.6 is 30.8 Å². The molecule has 0 saturated carbocycles. The third-order valence-electron chi connectivity index (χ3n) is 2.57. The highest BCUT2D eigenvalue weighted by Crippen LogP contribution is 2.58. The minimum atomic E-state index is -5.22. The van der Waals surface area contributed by atoms with Crippen LogP contribution in [0.15, 0.2) is 30.3 Å². The molecule has 0 heterocycles. The highest BCUT2D eigenvalue weighted by atomic mass is 35.5. The minimum absolute atomic E-state index is 0.238. The molecule has 2 atom stereocenters. The van der Waals surface area contributed by atoms with Crippen molar-refractivity contribution in [2.75, 3.05) is 13.3 Å². The van der Waals surface area contributed by atoms with Crippen molar-refractivity contribution in [3.05, 3.63) is 35.9 Å². The molecule has 24 heavy (non-hydrogen) atoms. The van der Waals surface area contributed by atoms with Gasteiger partial charge in [-0.1, -0.05) is 53.5 Å². The van der Waals surface area contributed by atoms with Gasteiger partial charge in [0.2, 0.25) is 4.33 Å². The molecule has 2 unspecified atom stereocenters. The van der Waals surface area contributed by atoms with E-state index in [0.29, 0.717) is 6.66 Å². The van der Waals surface area contributed by atoms with Crippen LogP contribution in [-0.4, -0.2) is 30.0 Å². The summed E-state index contributed by atoms with van der Waals surface area (Å²) in [7, 11) is -4.57. The zero-order valence-electron chi connectivity index (χ0n) is 11.9. The Morgan fingerprint density at radius 2 is 1.58 bits per heavy atom. The van der Waals surface area contributed by atoms with Crippen molar-refractivity contribution in [2.24, 2.45) is 0 Å². The second-order valence-electron chi connectivity index (χ2n) is 4.68. The van der Waals surface area contributed by atoms with Crippen LogP contribution in [0.2, 0.25) is 0 Å². The van der Waals surface area contributed by atoms with E-state index in [2.05, 4.69) is 9.05 Å². The first kappa shape index (κ1) is 21.6. The Hall–Kier alpha value is -0.470. The van der Waals surface area contributed by atoms with Crippen molar-refractivity contribution >= 4 is 30.8 Å². The number of benzene rings is 1. The topological polar surface area (TPSA) is 35.5 Å². The number of halogens is 8. The maximum atomic E-state index is 13.1. The first-order valence-corrected chi connectivity index (χ1v) is 8.87. The molecule has 138 valence electrons. The molecule has 12 heteroatoms. The van der Waals surface area contributed by atoms with Crippen molar-refractivity contribution < 1.29 is 40.0 Å². The van der Waals surface area contributed by atoms with Crippen molar-refractivity contribution in [1.29, 1.82) is 0 Å². The molecule has 0 radical (unpaired) electrons. The lowest BCUT2D eigenvalue weighted by atomic mass is 10.1. The van der Waals surface area contributed by atoms with E-state index >= 15 is 0 Å². The predicted molar refractivity (Wildman–Crippen MR) is 76.3 cm³/mol. The molecule has 0 aliphatic heterocycles. The van der Waals surface area contributed by atoms with Crippen LogP contribution < -0.4 is 0 Å². The molecule has 1 rings (SSSR count). The fourth-order valence-corrected chi connectivity index (χ4v) is 3.10. The molecule has 3 nitrogen and oxygen atoms in total. The third kappa shape index (κ3) is 6.11. The quantitative estimate of drug-likeness (QED) is 0.328. The first-order chi connectivity index (χ1) is 10.7. The van der Waals surface area contributed by atoms with E-state index < -0.39 is 37.0 Å². The summed E-state index contributed by atoms with van der Waals surface area (Å²) in [5.41, 5.74) is -0.238. The molecule has 1 aromatic carbocycles. The highest BCUT2D eigenvalue weighted by molar-refractivity contribution is 7.53. The summed E-state index contributed by atoms with van der Waals surface area (Å²) in [5, 5.41) is 0. The van der Waals surface area contributed by atoms with E-state index in [0.717, 1.165) is 12.1 Å². The first-order valence-electron chi connectivity index (χ1n) is 6.12. The van der Waals surface area contributed by atoms with Crippen molar-refractivity contribution in [3.8, 4) is 0 Å². The van der Waals surface area contributed by atoms with Gasteiger partial charge in [0, 0.05) is 6.66 Å². The second kappa shape index (κ2) is 7.41. The van der Waals surface area contributed by atoms with E-state index in [1.165, 1.54) is 18.2 Å². The lowest BCUT2D eigenvalue weighted by molar-refractivity contribution is -0.166. The van der Waals surface area contributed by atoms with Crippen molar-refractivity contribution in [1.82, 2.24) is 0 Å². The SMILES string of the molecule is CP(=O)(OCC(F)(F)F)OC(c1ccccc1)C(Cl)(Cl)C(F)(F)F. The monoisotopic (exact) mass is 418 g/mol. The van der Waals surface area contributed by atoms with Crippen LogP contribution in [0.5, 0.6) is 0 Å². The van der Waals surface area contributed by atoms with Crippen molar-refractivity contribution in [3.63, 3.8) is 0 Å². The van der Waals surface area contributed by atoms with Gasteiger partial charge in [-0.3, -0.25) is 13.6 Å². The number of rotatable bonds is 6. The average Bonchev–Trinajstić information content (AvgIpc) is 2.42. The maximum Gasteiger partial charge on any atom is 0.424 e. The molecular formula is C12H11Cl2F6O3P. The molecule has 0 bridgehead atoms. The van der Waals surface area contributed by atoms with Gasteiger partial charge in [-0.25, -0.2) is 0 Å². The molecule has 0 amide bonds. The van der Waals surface area contributed by atoms with Gasteiger partial charge in [0.1, 0.15) is 6.10 Å². The Morgan fingerprint density at radius 3 is 2.00 bits per heavy atom. The molecule has 0 fully saturated rings. The van der Waals surface area contributed by atoms with Crippen LogP contribution in [0.1, 0.15) is 11.7 Å². The molecule has 0 N–H and O–H groups in total. The van der Waals surface area contributed by atoms with E-state index in [1.807, 2.05) is 0 Å². The summed E-state index contributed by atoms with van der Waals surface area (Å²) in [6, 6.07) is 6.38. The van der Waals surface area contributed by atoms with Crippen LogP contribution in [0.4, 0.5) is 26.3 Å². The Morgan fingerprint density at radius 1 is 1.08 bits per heavy atom. The van der Waals surface area contributed by atoms with Gasteiger partial charge in [-0.15, -0.1) is 0 Å². The van der Waals surface area contributed by atoms with E-state index in [1.54, 1.807) is 0 Å². The normalized spacial score (nSPS) is 17.4. The third-order valence-corrected chi connectivity index (χ3v) is 4.59. The van der Waals surface area contributed by atoms with Gasteiger partial charge in [-0.05, 0) is 5.56 Å². The zero-order chi connectivity index (χ0) is 18.8. The van der Waals surface area contributed by atoms with Gasteiger partial charge in [0.15, 0.2) is 6.61 Å². The Kier molecular flexibility index (Phi) is 6.66. The van der Waals surface area contributed by atoms with Gasteiger partial charge >= 0.3 is 19.9 Å². The van der Waals surface area contributed by atoms with Gasteiger partial charge < -0.3 is 0 Å². The van der Waals surface area contributed by atoms with E-state index in [9.17, 15) is 30.9 Å². The van der Waals surface area contributed by atoms with E-state index in [-0.39, 0.29) is 5.56 Å². The van der Waals surface area contributed by atoms with Crippen LogP contribution in [0.25, 0.3) is 0 Å². The Balaban J connectivity index is 3.14. The number of hydrogen-bond donors (Lipinski definition) is 0. The van der Waals surface area contributed by atoms with Crippen LogP contribution in [0.3, 0.4) is 0 Å². The Bertz CT molecular complexity index is 591. The molecule has 1 aromatic rings. The lowest BCUT2D eigenvalue weighted by Crippen LogP contribution is -2.41. The van der Waals surface area contributed by atoms with Gasteiger partial charge in [-0.2, -0.15) is 26.3 Å². The smallest absolute Gasteiger partial charge is 0.299 e. The average molecular weight is 419 g/mol. The van der Waals surface area contributed by atoms with Crippen molar-refractivity contribution in [2.45, 2.75) is 22.8 Å². The molecule has 0 aliphatic carbocycles. The zero-order valence-corrected chi connectivity index (χ0v) is 14.3. The largest absolute Gasteiger partial charge is 0.424 e. The minimum Gasteiger partial charge on any atom is -0.299 e. The number of hydrogen-bond acceptors (Lipinski definition) is 3. The number of alkyl halides is 8. The summed E-state index contributed by atoms with van der Waals surface area (Å²) >= 11 is 10.7. The predicted octanol–water partition coefficient (Wildman–Crippen LogP) is 5.88. The molecular weight excluding hydrogens is 408 g/mol. The standard InChI is InChI=1S/C12H11Cl2F6O3P/c1-24(21,22-7-10(15,16)17)23-9(8-5-3-2-4-6-8)11(13,14)12(18,19)20/h2-6,9H,7H2,1H3. The second-order valence-corrected chi connectivity index (χ2v) is 8.07. The Labute approximate surface area is 143 Å². The summed E-state index contributed by atoms with van der Waals surface area (Å²) in [5.74, 6) is 0. The van der Waals surface area contributed by atoms with Crippen LogP contribution in [0, 0.1) is 0 Å². The summed E-state index contributed by atoms with van der Waals surface area (Å²) in [4.78, 5) is 0. The highest BCUT2D eigenvalue weighted by Gasteiger charge is 2.60. The molecule has 0 saturated heterocycles. The van der Waals surface area contributed by atoms with Crippen LogP contribution in [-0.2, 0) is 13.6 Å². The van der Waals surface area contributed by atoms with E-state index in [4.69, 9.17) is 23.2 Å².